The Kier molecular flexibility index (Phi) is 6.76. The standard InChI is InChI=1S/C32H42N2O4/c1-5-32-20-27(38-34(3,35)16-17-36-4)9-8-26(32)19-24-12-14-31(2)28(10-11-29(31)30(24)37-32)23-7-6-22-13-15-33-21-25(22)18-23/h6-7,12-13,15,18-19,21,27-30H,5,8-11,14,16-17,20H2,1-4H3/t27?,28?,29-,30+,31?,32+,34?/m0/s1. The fourth-order valence-corrected chi connectivity index (χ4v) is 7.99. The van der Waals surface area contributed by atoms with Gasteiger partial charge in [-0.25, -0.2) is 4.81 Å². The average Bonchev–Trinajstić information content (AvgIpc) is 3.28. The van der Waals surface area contributed by atoms with Crippen molar-refractivity contribution in [1.29, 1.82) is 0 Å². The second-order valence-corrected chi connectivity index (χ2v) is 12.4. The molecule has 6 heteroatoms. The number of fused-ring (bicyclic) bond motifs is 5. The van der Waals surface area contributed by atoms with Crippen LogP contribution in [0.4, 0.5) is 0 Å². The first-order valence-electron chi connectivity index (χ1n) is 14.4. The smallest absolute Gasteiger partial charge is 0.132 e. The van der Waals surface area contributed by atoms with E-state index in [1.54, 1.807) is 14.2 Å². The van der Waals surface area contributed by atoms with Gasteiger partial charge in [-0.3, -0.25) is 4.98 Å². The quantitative estimate of drug-likeness (QED) is 0.305. The number of allylic oxidation sites excluding steroid dienone is 1. The van der Waals surface area contributed by atoms with Gasteiger partial charge in [0.2, 0.25) is 0 Å². The Balaban J connectivity index is 1.26. The maximum Gasteiger partial charge on any atom is 0.132 e. The molecule has 4 aliphatic rings. The Morgan fingerprint density at radius 2 is 2.05 bits per heavy atom. The van der Waals surface area contributed by atoms with Crippen LogP contribution in [0, 0.1) is 16.5 Å². The maximum atomic E-state index is 12.9. The van der Waals surface area contributed by atoms with Gasteiger partial charge in [-0.05, 0) is 90.0 Å². The molecule has 1 aliphatic heterocycles. The zero-order chi connectivity index (χ0) is 26.5. The SMILES string of the molecule is CC[C@@]12CC(O[N+](C)([O-])CCOC)CCC1=CC1=CCC3(C)C(c4ccc5ccncc5c4)CC[C@H]3[C@@H]1O2. The van der Waals surface area contributed by atoms with Gasteiger partial charge in [0, 0.05) is 31.3 Å². The van der Waals surface area contributed by atoms with Gasteiger partial charge >= 0.3 is 0 Å². The molecule has 6 rings (SSSR count). The summed E-state index contributed by atoms with van der Waals surface area (Å²) in [6.07, 6.45) is 15.6. The van der Waals surface area contributed by atoms with Crippen LogP contribution in [-0.4, -0.2) is 54.9 Å². The molecule has 7 atom stereocenters. The predicted octanol–water partition coefficient (Wildman–Crippen LogP) is 6.61. The molecule has 1 aromatic carbocycles. The molecule has 3 aliphatic carbocycles. The van der Waals surface area contributed by atoms with Crippen molar-refractivity contribution >= 4 is 10.8 Å². The van der Waals surface area contributed by atoms with Crippen molar-refractivity contribution in [2.75, 3.05) is 27.3 Å². The highest BCUT2D eigenvalue weighted by Crippen LogP contribution is 2.62. The van der Waals surface area contributed by atoms with E-state index in [0.717, 1.165) is 32.1 Å². The molecular formula is C32H42N2O4. The number of aromatic nitrogens is 1. The summed E-state index contributed by atoms with van der Waals surface area (Å²) in [7, 11) is 3.20. The number of hydroxylamine groups is 4. The first-order valence-corrected chi connectivity index (χ1v) is 14.4. The zero-order valence-electron chi connectivity index (χ0n) is 23.3. The van der Waals surface area contributed by atoms with Gasteiger partial charge in [0.15, 0.2) is 0 Å². The molecule has 204 valence electrons. The molecule has 0 saturated heterocycles. The third-order valence-electron chi connectivity index (χ3n) is 10.2. The highest BCUT2D eigenvalue weighted by atomic mass is 16.9. The summed E-state index contributed by atoms with van der Waals surface area (Å²) in [6.45, 7) is 5.39. The van der Waals surface area contributed by atoms with Crippen LogP contribution >= 0.6 is 0 Å². The minimum Gasteiger partial charge on any atom is -0.598 e. The number of rotatable bonds is 7. The number of benzene rings is 1. The fraction of sp³-hybridized carbons (Fsp3) is 0.594. The minimum absolute atomic E-state index is 0.102. The van der Waals surface area contributed by atoms with Crippen LogP contribution in [0.3, 0.4) is 0 Å². The van der Waals surface area contributed by atoms with Crippen molar-refractivity contribution < 1.29 is 19.1 Å². The number of quaternary nitrogens is 1. The van der Waals surface area contributed by atoms with Crippen molar-refractivity contribution in [1.82, 2.24) is 4.98 Å². The lowest BCUT2D eigenvalue weighted by atomic mass is 9.62. The monoisotopic (exact) mass is 518 g/mol. The van der Waals surface area contributed by atoms with Gasteiger partial charge in [0.25, 0.3) is 0 Å². The van der Waals surface area contributed by atoms with Gasteiger partial charge in [-0.2, -0.15) is 4.84 Å². The number of nitrogens with zero attached hydrogens (tertiary/aromatic N) is 2. The summed E-state index contributed by atoms with van der Waals surface area (Å²) in [6, 6.07) is 9.03. The van der Waals surface area contributed by atoms with Gasteiger partial charge in [-0.1, -0.05) is 38.1 Å². The van der Waals surface area contributed by atoms with Crippen molar-refractivity contribution in [2.45, 2.75) is 82.5 Å². The molecule has 4 unspecified atom stereocenters. The molecule has 1 aromatic heterocycles. The van der Waals surface area contributed by atoms with E-state index in [-0.39, 0.29) is 29.8 Å². The Bertz CT molecular complexity index is 1260. The molecule has 6 nitrogen and oxygen atoms in total. The van der Waals surface area contributed by atoms with Gasteiger partial charge in [0.05, 0.1) is 25.4 Å². The Hall–Kier alpha value is -2.09. The van der Waals surface area contributed by atoms with E-state index in [1.807, 2.05) is 12.4 Å². The Labute approximate surface area is 226 Å². The lowest BCUT2D eigenvalue weighted by Crippen LogP contribution is -2.54. The molecule has 2 saturated carbocycles. The molecule has 2 fully saturated rings. The lowest BCUT2D eigenvalue weighted by Gasteiger charge is -2.53. The highest BCUT2D eigenvalue weighted by Gasteiger charge is 2.56. The van der Waals surface area contributed by atoms with Crippen molar-refractivity contribution in [3.05, 3.63) is 70.7 Å². The van der Waals surface area contributed by atoms with E-state index >= 15 is 0 Å². The molecule has 0 bridgehead atoms. The summed E-state index contributed by atoms with van der Waals surface area (Å²) in [5.74, 6) is 0.977. The number of hydrogen-bond acceptors (Lipinski definition) is 5. The third-order valence-corrected chi connectivity index (χ3v) is 10.2. The molecule has 2 heterocycles. The molecule has 0 radical (unpaired) electrons. The summed E-state index contributed by atoms with van der Waals surface area (Å²) < 4.78 is 12.4. The van der Waals surface area contributed by atoms with Crippen LogP contribution in [0.15, 0.2) is 60.0 Å². The molecule has 0 N–H and O–H groups in total. The lowest BCUT2D eigenvalue weighted by molar-refractivity contribution is -1.06. The summed E-state index contributed by atoms with van der Waals surface area (Å²) in [5.41, 5.74) is 3.99. The summed E-state index contributed by atoms with van der Waals surface area (Å²) in [4.78, 5) is 9.72. The summed E-state index contributed by atoms with van der Waals surface area (Å²) in [5, 5.41) is 15.4. The first kappa shape index (κ1) is 26.1. The van der Waals surface area contributed by atoms with E-state index < -0.39 is 4.81 Å². The first-order chi connectivity index (χ1) is 18.3. The molecular weight excluding hydrogens is 476 g/mol. The van der Waals surface area contributed by atoms with E-state index in [4.69, 9.17) is 14.3 Å². The normalized spacial score (nSPS) is 36.0. The Morgan fingerprint density at radius 3 is 2.87 bits per heavy atom. The van der Waals surface area contributed by atoms with Crippen LogP contribution < -0.4 is 0 Å². The van der Waals surface area contributed by atoms with E-state index in [1.165, 1.54) is 40.3 Å². The fourth-order valence-electron chi connectivity index (χ4n) is 7.99. The number of likely N-dealkylation sites (N-methyl/N-ethyl adjacent to an activating group) is 1. The van der Waals surface area contributed by atoms with Crippen LogP contribution in [0.5, 0.6) is 0 Å². The van der Waals surface area contributed by atoms with Crippen LogP contribution in [0.1, 0.15) is 70.3 Å². The second kappa shape index (κ2) is 9.83. The molecule has 0 spiro atoms. The second-order valence-electron chi connectivity index (χ2n) is 12.4. The highest BCUT2D eigenvalue weighted by molar-refractivity contribution is 5.82. The summed E-state index contributed by atoms with van der Waals surface area (Å²) >= 11 is 0. The van der Waals surface area contributed by atoms with E-state index in [0.29, 0.717) is 18.4 Å². The molecule has 2 aromatic rings. The number of methoxy groups -OCH3 is 1. The Morgan fingerprint density at radius 1 is 1.18 bits per heavy atom. The van der Waals surface area contributed by atoms with Crippen LogP contribution in [-0.2, 0) is 14.3 Å². The van der Waals surface area contributed by atoms with Gasteiger partial charge in [-0.15, -0.1) is 0 Å². The number of ether oxygens (including phenoxy) is 2. The minimum atomic E-state index is -0.727. The predicted molar refractivity (Wildman–Crippen MR) is 149 cm³/mol. The zero-order valence-corrected chi connectivity index (χ0v) is 23.3. The van der Waals surface area contributed by atoms with Crippen LogP contribution in [0.25, 0.3) is 10.8 Å². The van der Waals surface area contributed by atoms with Crippen LogP contribution in [0.2, 0.25) is 0 Å². The van der Waals surface area contributed by atoms with Crippen molar-refractivity contribution in [3.8, 4) is 0 Å². The van der Waals surface area contributed by atoms with Gasteiger partial charge < -0.3 is 14.7 Å². The molecule has 0 amide bonds. The topological polar surface area (TPSA) is 63.6 Å². The largest absolute Gasteiger partial charge is 0.598 e. The van der Waals surface area contributed by atoms with Gasteiger partial charge in [0.1, 0.15) is 12.6 Å². The number of pyridine rings is 1. The van der Waals surface area contributed by atoms with E-state index in [2.05, 4.69) is 55.2 Å². The van der Waals surface area contributed by atoms with Crippen molar-refractivity contribution in [2.24, 2.45) is 11.3 Å². The average molecular weight is 519 g/mol. The third kappa shape index (κ3) is 4.44. The molecule has 38 heavy (non-hydrogen) atoms. The van der Waals surface area contributed by atoms with Crippen molar-refractivity contribution in [3.63, 3.8) is 0 Å². The number of hydrogen-bond donors (Lipinski definition) is 0. The van der Waals surface area contributed by atoms with E-state index in [9.17, 15) is 5.21 Å². The maximum absolute atomic E-state index is 12.9.